The second kappa shape index (κ2) is 17.4. The first-order valence-corrected chi connectivity index (χ1v) is 22.7. The summed E-state index contributed by atoms with van der Waals surface area (Å²) >= 11 is 0. The van der Waals surface area contributed by atoms with Gasteiger partial charge in [0.2, 0.25) is 17.6 Å². The number of piperidine rings is 3. The Bertz CT molecular complexity index is 2470. The van der Waals surface area contributed by atoms with Gasteiger partial charge in [0.05, 0.1) is 29.3 Å². The van der Waals surface area contributed by atoms with E-state index in [1.807, 2.05) is 52.1 Å². The molecule has 5 saturated heterocycles. The number of urea groups is 1. The highest BCUT2D eigenvalue weighted by Gasteiger charge is 2.42. The Morgan fingerprint density at radius 3 is 2.34 bits per heavy atom. The number of halogens is 2. The van der Waals surface area contributed by atoms with E-state index in [-0.39, 0.29) is 53.3 Å². The molecule has 0 spiro atoms. The summed E-state index contributed by atoms with van der Waals surface area (Å²) in [5.74, 6) is -1.52. The maximum Gasteiger partial charge on any atom is 0.319 e. The van der Waals surface area contributed by atoms with Gasteiger partial charge in [0.25, 0.3) is 0 Å². The lowest BCUT2D eigenvalue weighted by Gasteiger charge is -2.43. The first kappa shape index (κ1) is 42.4. The molecule has 0 aliphatic carbocycles. The minimum atomic E-state index is -1.02. The van der Waals surface area contributed by atoms with Gasteiger partial charge in [0, 0.05) is 107 Å². The number of anilines is 5. The van der Waals surface area contributed by atoms with Crippen LogP contribution in [0.25, 0.3) is 11.3 Å². The number of nitrogens with one attached hydrogen (secondary N) is 1. The van der Waals surface area contributed by atoms with Crippen LogP contribution in [0.4, 0.5) is 42.1 Å². The summed E-state index contributed by atoms with van der Waals surface area (Å²) in [6.45, 7) is 4.44. The number of fused-ring (bicyclic) bond motifs is 3. The van der Waals surface area contributed by atoms with E-state index in [0.29, 0.717) is 101 Å². The molecule has 4 aromatic rings. The molecule has 10 rings (SSSR count). The largest absolute Gasteiger partial charge is 0.507 e. The lowest BCUT2D eigenvalue weighted by Crippen LogP contribution is -2.54. The monoisotopic (exact) mass is 892 g/mol. The third-order valence-corrected chi connectivity index (χ3v) is 14.2. The molecule has 1 aromatic heterocycles. The molecule has 5 fully saturated rings. The molecule has 0 radical (unpaired) electrons. The number of amides is 4. The Labute approximate surface area is 375 Å². The highest BCUT2D eigenvalue weighted by molar-refractivity contribution is 6.02. The Balaban J connectivity index is 0.737. The van der Waals surface area contributed by atoms with Gasteiger partial charge in [-0.05, 0) is 62.4 Å². The molecule has 0 saturated carbocycles. The number of nitrogens with two attached hydrogens (primary N) is 1. The van der Waals surface area contributed by atoms with Gasteiger partial charge in [0.1, 0.15) is 24.5 Å². The molecule has 6 aliphatic heterocycles. The first-order chi connectivity index (χ1) is 31.5. The number of benzene rings is 3. The van der Waals surface area contributed by atoms with Gasteiger partial charge in [-0.3, -0.25) is 14.9 Å². The molecule has 1 unspecified atom stereocenters. The van der Waals surface area contributed by atoms with Crippen LogP contribution in [0.2, 0.25) is 0 Å². The summed E-state index contributed by atoms with van der Waals surface area (Å²) in [5.41, 5.74) is 10.5. The number of hydrogen-bond donors (Lipinski definition) is 3. The number of piperazine rings is 1. The second-order valence-electron chi connectivity index (χ2n) is 18.0. The zero-order valence-corrected chi connectivity index (χ0v) is 36.4. The van der Waals surface area contributed by atoms with Crippen LogP contribution >= 0.6 is 0 Å². The van der Waals surface area contributed by atoms with Crippen molar-refractivity contribution in [2.75, 3.05) is 84.8 Å². The standard InChI is InChI=1S/C47H54F2N10O6/c1-54(28-13-17-55(18-14-28)36-6-4-7-37-44(36)64-22-21-58(37)38-11-12-42(61)51-46(38)62)47(63)56-19-15-32(16-20-56)65-41-24-31(23-34(48)43(41)49)59-29-9-10-30(59)27-57(26-29)39-25-35(52-53-45(39)50)33-5-2-3-8-40(33)60/h2-8,23-25,28-30,32,38,60H,9-22,26-27H2,1H3,(H2,50,53)(H,51,61,62)/t29-,30+,38?. The number of aromatic hydroxyl groups is 1. The highest BCUT2D eigenvalue weighted by atomic mass is 19.2. The molecular formula is C47H54F2N10O6. The molecule has 65 heavy (non-hydrogen) atoms. The van der Waals surface area contributed by atoms with Gasteiger partial charge in [-0.1, -0.05) is 18.2 Å². The number of ether oxygens (including phenoxy) is 2. The van der Waals surface area contributed by atoms with Crippen molar-refractivity contribution in [3.63, 3.8) is 0 Å². The third kappa shape index (κ3) is 8.11. The summed E-state index contributed by atoms with van der Waals surface area (Å²) in [5, 5.41) is 21.3. The summed E-state index contributed by atoms with van der Waals surface area (Å²) in [6.07, 6.45) is 4.57. The number of imide groups is 1. The number of aromatic nitrogens is 2. The molecule has 6 aliphatic rings. The number of phenols is 1. The van der Waals surface area contributed by atoms with E-state index in [4.69, 9.17) is 15.2 Å². The van der Waals surface area contributed by atoms with Crippen LogP contribution in [-0.4, -0.2) is 133 Å². The Morgan fingerprint density at radius 2 is 1.60 bits per heavy atom. The van der Waals surface area contributed by atoms with Crippen molar-refractivity contribution in [3.05, 3.63) is 72.3 Å². The smallest absolute Gasteiger partial charge is 0.319 e. The number of nitrogens with zero attached hydrogens (tertiary/aromatic N) is 8. The molecule has 2 bridgehead atoms. The molecule has 18 heteroatoms. The molecule has 342 valence electrons. The lowest BCUT2D eigenvalue weighted by molar-refractivity contribution is -0.134. The zero-order valence-electron chi connectivity index (χ0n) is 36.4. The number of para-hydroxylation sites is 2. The maximum absolute atomic E-state index is 15.4. The first-order valence-electron chi connectivity index (χ1n) is 22.7. The van der Waals surface area contributed by atoms with Gasteiger partial charge in [-0.2, -0.15) is 4.39 Å². The van der Waals surface area contributed by atoms with Gasteiger partial charge >= 0.3 is 6.03 Å². The van der Waals surface area contributed by atoms with Crippen LogP contribution in [0.5, 0.6) is 17.2 Å². The van der Waals surface area contributed by atoms with E-state index in [0.717, 1.165) is 42.8 Å². The van der Waals surface area contributed by atoms with Gasteiger partial charge in [-0.15, -0.1) is 10.2 Å². The van der Waals surface area contributed by atoms with Crippen LogP contribution in [0, 0.1) is 11.6 Å². The van der Waals surface area contributed by atoms with Gasteiger partial charge in [-0.25, -0.2) is 9.18 Å². The van der Waals surface area contributed by atoms with Crippen LogP contribution in [0.1, 0.15) is 51.4 Å². The average molecular weight is 893 g/mol. The van der Waals surface area contributed by atoms with Crippen LogP contribution in [0.3, 0.4) is 0 Å². The second-order valence-corrected chi connectivity index (χ2v) is 18.0. The molecule has 4 amide bonds. The molecule has 7 heterocycles. The fourth-order valence-electron chi connectivity index (χ4n) is 10.8. The van der Waals surface area contributed by atoms with Gasteiger partial charge < -0.3 is 49.7 Å². The SMILES string of the molecule is CN(C(=O)N1CCC(Oc2cc(N3[C@@H]4CC[C@H]3CN(c3cc(-c5ccccc5O)nnc3N)C4)cc(F)c2F)CC1)C1CCN(c2cccc3c2OCCN3C2CCC(=O)NC2=O)CC1. The van der Waals surface area contributed by atoms with Crippen molar-refractivity contribution >= 4 is 46.4 Å². The Morgan fingerprint density at radius 1 is 0.862 bits per heavy atom. The topological polar surface area (TPSA) is 173 Å². The van der Waals surface area contributed by atoms with Crippen molar-refractivity contribution in [2.45, 2.75) is 81.6 Å². The lowest BCUT2D eigenvalue weighted by atomic mass is 10.0. The van der Waals surface area contributed by atoms with Crippen molar-refractivity contribution in [1.29, 1.82) is 0 Å². The number of nitrogen functional groups attached to an aromatic ring is 1. The predicted octanol–water partition coefficient (Wildman–Crippen LogP) is 5.14. The van der Waals surface area contributed by atoms with Crippen molar-refractivity contribution in [1.82, 2.24) is 25.3 Å². The summed E-state index contributed by atoms with van der Waals surface area (Å²) in [4.78, 5) is 50.7. The van der Waals surface area contributed by atoms with Crippen molar-refractivity contribution < 1.29 is 37.7 Å². The number of phenolic OH excluding ortho intramolecular Hbond substituents is 1. The number of carbonyl (C=O) groups is 3. The fourth-order valence-corrected chi connectivity index (χ4v) is 10.8. The number of likely N-dealkylation sites (tertiary alicyclic amines) is 1. The summed E-state index contributed by atoms with van der Waals surface area (Å²) < 4.78 is 43.2. The van der Waals surface area contributed by atoms with E-state index >= 15 is 8.78 Å². The van der Waals surface area contributed by atoms with Crippen LogP contribution in [-0.2, 0) is 9.59 Å². The van der Waals surface area contributed by atoms with Crippen LogP contribution < -0.4 is 40.1 Å². The summed E-state index contributed by atoms with van der Waals surface area (Å²) in [7, 11) is 1.85. The quantitative estimate of drug-likeness (QED) is 0.199. The number of carbonyl (C=O) groups excluding carboxylic acids is 3. The van der Waals surface area contributed by atoms with E-state index in [1.165, 1.54) is 6.07 Å². The zero-order chi connectivity index (χ0) is 44.9. The fraction of sp³-hybridized carbons (Fsp3) is 0.468. The highest BCUT2D eigenvalue weighted by Crippen LogP contribution is 2.44. The summed E-state index contributed by atoms with van der Waals surface area (Å²) in [6, 6.07) is 17.1. The molecule has 3 aromatic carbocycles. The van der Waals surface area contributed by atoms with Crippen LogP contribution in [0.15, 0.2) is 60.7 Å². The van der Waals surface area contributed by atoms with E-state index in [1.54, 1.807) is 24.3 Å². The molecular weight excluding hydrogens is 839 g/mol. The average Bonchev–Trinajstić information content (AvgIpc) is 3.58. The maximum atomic E-state index is 15.4. The minimum absolute atomic E-state index is 0.00145. The molecule has 16 nitrogen and oxygen atoms in total. The Hall–Kier alpha value is -6.59. The minimum Gasteiger partial charge on any atom is -0.507 e. The van der Waals surface area contributed by atoms with Gasteiger partial charge in [0.15, 0.2) is 23.1 Å². The van der Waals surface area contributed by atoms with E-state index in [2.05, 4.69) is 30.2 Å². The molecule has 3 atom stereocenters. The third-order valence-electron chi connectivity index (χ3n) is 14.2. The normalized spacial score (nSPS) is 22.7. The number of rotatable bonds is 8. The molecule has 4 N–H and O–H groups in total. The predicted molar refractivity (Wildman–Crippen MR) is 240 cm³/mol. The van der Waals surface area contributed by atoms with Crippen molar-refractivity contribution in [2.24, 2.45) is 0 Å². The number of hydrogen-bond acceptors (Lipinski definition) is 13. The van der Waals surface area contributed by atoms with E-state index < -0.39 is 23.8 Å². The van der Waals surface area contributed by atoms with Crippen molar-refractivity contribution in [3.8, 4) is 28.5 Å². The Kier molecular flexibility index (Phi) is 11.4. The van der Waals surface area contributed by atoms with E-state index in [9.17, 15) is 19.5 Å².